The lowest BCUT2D eigenvalue weighted by Gasteiger charge is -2.36. The topological polar surface area (TPSA) is 144 Å². The highest BCUT2D eigenvalue weighted by Gasteiger charge is 2.68. The molecule has 1 unspecified atom stereocenters. The monoisotopic (exact) mass is 557 g/mol. The van der Waals surface area contributed by atoms with Crippen LogP contribution in [-0.2, 0) is 27.9 Å². The molecule has 3 fully saturated rings. The molecule has 0 aromatic rings. The fourth-order valence-electron chi connectivity index (χ4n) is 5.42. The van der Waals surface area contributed by atoms with Crippen LogP contribution in [0.5, 0.6) is 0 Å². The van der Waals surface area contributed by atoms with E-state index in [0.717, 1.165) is 25.7 Å². The summed E-state index contributed by atoms with van der Waals surface area (Å²) in [6.07, 6.45) is 3.73. The lowest BCUT2D eigenvalue weighted by atomic mass is 9.85. The van der Waals surface area contributed by atoms with Crippen molar-refractivity contribution < 1.29 is 37.8 Å². The number of carbonyl (C=O) groups excluding carboxylic acids is 3. The summed E-state index contributed by atoms with van der Waals surface area (Å²) in [6, 6.07) is -2.03. The quantitative estimate of drug-likeness (QED) is 0.259. The van der Waals surface area contributed by atoms with Crippen LogP contribution < -0.4 is 10.6 Å². The Bertz CT molecular complexity index is 937. The fraction of sp³-hybridized carbons (Fsp3) is 0.808. The Hall–Kier alpha value is -1.94. The highest BCUT2D eigenvalue weighted by Crippen LogP contribution is 2.72. The molecular weight excluding hydrogens is 513 g/mol. The minimum Gasteiger partial charge on any atom is -0.446 e. The van der Waals surface area contributed by atoms with Crippen molar-refractivity contribution in [1.29, 1.82) is 0 Å². The number of hydrogen-bond acceptors (Lipinski definition) is 8. The first-order valence-electron chi connectivity index (χ1n) is 13.6. The summed E-state index contributed by atoms with van der Waals surface area (Å²) >= 11 is 0. The maximum absolute atomic E-state index is 13.8. The predicted molar refractivity (Wildman–Crippen MR) is 141 cm³/mol. The number of aliphatic hydroxyl groups is 1. The van der Waals surface area contributed by atoms with Gasteiger partial charge in [-0.2, -0.15) is 0 Å². The molecule has 12 heteroatoms. The second-order valence-corrected chi connectivity index (χ2v) is 13.8. The molecule has 3 rings (SSSR count). The van der Waals surface area contributed by atoms with Gasteiger partial charge in [0.15, 0.2) is 0 Å². The molecule has 0 aromatic carbocycles. The first-order valence-corrected chi connectivity index (χ1v) is 15.2. The molecule has 5 atom stereocenters. The van der Waals surface area contributed by atoms with Gasteiger partial charge in [0.05, 0.1) is 19.3 Å². The summed E-state index contributed by atoms with van der Waals surface area (Å²) in [7, 11) is -3.76. The van der Waals surface area contributed by atoms with Crippen LogP contribution in [-0.4, -0.2) is 77.2 Å². The third kappa shape index (κ3) is 6.43. The van der Waals surface area contributed by atoms with Crippen LogP contribution in [0.3, 0.4) is 0 Å². The Kier molecular flexibility index (Phi) is 9.72. The zero-order valence-electron chi connectivity index (χ0n) is 23.2. The van der Waals surface area contributed by atoms with E-state index in [9.17, 15) is 24.1 Å². The van der Waals surface area contributed by atoms with Gasteiger partial charge in [0, 0.05) is 18.9 Å². The average molecular weight is 558 g/mol. The molecule has 3 N–H and O–H groups in total. The lowest BCUT2D eigenvalue weighted by molar-refractivity contribution is -0.142. The van der Waals surface area contributed by atoms with E-state index < -0.39 is 54.4 Å². The van der Waals surface area contributed by atoms with Gasteiger partial charge in [0.2, 0.25) is 11.8 Å². The van der Waals surface area contributed by atoms with Crippen LogP contribution >= 0.6 is 7.60 Å². The normalized spacial score (nSPS) is 28.6. The summed E-state index contributed by atoms with van der Waals surface area (Å²) in [4.78, 5) is 41.3. The summed E-state index contributed by atoms with van der Waals surface area (Å²) in [5, 5.41) is 14.7. The molecule has 3 aliphatic rings. The number of nitrogens with one attached hydrogen (secondary N) is 2. The second-order valence-electron chi connectivity index (χ2n) is 11.4. The number of aliphatic hydroxyl groups excluding tert-OH is 1. The van der Waals surface area contributed by atoms with Crippen LogP contribution in [0, 0.1) is 11.3 Å². The summed E-state index contributed by atoms with van der Waals surface area (Å²) in [5.41, 5.74) is -0.703. The highest BCUT2D eigenvalue weighted by molar-refractivity contribution is 7.56. The number of ether oxygens (including phenoxy) is 1. The smallest absolute Gasteiger partial charge is 0.408 e. The Labute approximate surface area is 225 Å². The number of likely N-dealkylation sites (tertiary alicyclic amines) is 1. The van der Waals surface area contributed by atoms with E-state index in [0.29, 0.717) is 6.42 Å². The van der Waals surface area contributed by atoms with Crippen molar-refractivity contribution in [2.24, 2.45) is 11.3 Å². The van der Waals surface area contributed by atoms with E-state index in [1.54, 1.807) is 40.7 Å². The second kappa shape index (κ2) is 12.1. The molecular formula is C26H44N3O8P. The van der Waals surface area contributed by atoms with Gasteiger partial charge in [0.1, 0.15) is 23.5 Å². The number of amides is 3. The van der Waals surface area contributed by atoms with Crippen molar-refractivity contribution in [2.75, 3.05) is 19.8 Å². The van der Waals surface area contributed by atoms with Gasteiger partial charge in [-0.3, -0.25) is 14.2 Å². The van der Waals surface area contributed by atoms with E-state index in [1.807, 2.05) is 0 Å². The summed E-state index contributed by atoms with van der Waals surface area (Å²) < 4.78 is 30.3. The molecule has 1 aliphatic heterocycles. The molecule has 2 aliphatic carbocycles. The SMILES string of the molecule is C=CC1C[C@]1(NC(=O)[C@@H]1C[C@@H](O)CN1C(=O)[C@@H](NC(=O)OC1CCCC1)C(C)(C)C)P(=O)(OCC)OCC. The minimum absolute atomic E-state index is 0.00334. The summed E-state index contributed by atoms with van der Waals surface area (Å²) in [5.74, 6) is -1.40. The molecule has 11 nitrogen and oxygen atoms in total. The molecule has 0 bridgehead atoms. The highest BCUT2D eigenvalue weighted by atomic mass is 31.2. The van der Waals surface area contributed by atoms with Crippen LogP contribution in [0.2, 0.25) is 0 Å². The summed E-state index contributed by atoms with van der Waals surface area (Å²) in [6.45, 7) is 12.8. The van der Waals surface area contributed by atoms with E-state index in [1.165, 1.54) is 4.90 Å². The Morgan fingerprint density at radius 1 is 1.18 bits per heavy atom. The predicted octanol–water partition coefficient (Wildman–Crippen LogP) is 3.32. The first kappa shape index (κ1) is 30.6. The molecule has 0 aromatic heterocycles. The third-order valence-electron chi connectivity index (χ3n) is 7.51. The number of rotatable bonds is 11. The van der Waals surface area contributed by atoms with Crippen LogP contribution in [0.15, 0.2) is 12.7 Å². The Balaban J connectivity index is 1.80. The van der Waals surface area contributed by atoms with Crippen LogP contribution in [0.4, 0.5) is 4.79 Å². The van der Waals surface area contributed by atoms with Gasteiger partial charge in [-0.15, -0.1) is 6.58 Å². The van der Waals surface area contributed by atoms with Gasteiger partial charge >= 0.3 is 13.7 Å². The van der Waals surface area contributed by atoms with Crippen molar-refractivity contribution in [1.82, 2.24) is 15.5 Å². The Morgan fingerprint density at radius 2 is 1.79 bits per heavy atom. The number of nitrogens with zero attached hydrogens (tertiary/aromatic N) is 1. The number of β-amino-alcohol motifs (C(OH)–C–C–N with tert-alkyl or cyclic N) is 1. The maximum atomic E-state index is 13.8. The molecule has 2 saturated carbocycles. The van der Waals surface area contributed by atoms with Crippen molar-refractivity contribution in [3.05, 3.63) is 12.7 Å². The lowest BCUT2D eigenvalue weighted by Crippen LogP contribution is -2.58. The molecule has 38 heavy (non-hydrogen) atoms. The van der Waals surface area contributed by atoms with Gasteiger partial charge in [-0.1, -0.05) is 26.8 Å². The van der Waals surface area contributed by atoms with E-state index in [-0.39, 0.29) is 38.2 Å². The largest absolute Gasteiger partial charge is 0.446 e. The molecule has 1 heterocycles. The standard InChI is InChI=1S/C26H44N3O8P/c1-7-17-15-26(17,38(34,35-8-2)36-9-3)28-22(31)20-14-18(30)16-29(20)23(32)21(25(4,5)6)27-24(33)37-19-12-10-11-13-19/h7,17-21,30H,1,8-16H2,2-6H3,(H,27,33)(H,28,31)/t17?,18-,20+,21-,26+/m1/s1. The van der Waals surface area contributed by atoms with E-state index in [4.69, 9.17) is 13.8 Å². The van der Waals surface area contributed by atoms with Crippen LogP contribution in [0.1, 0.15) is 73.1 Å². The van der Waals surface area contributed by atoms with Gasteiger partial charge in [-0.05, 0) is 51.4 Å². The van der Waals surface area contributed by atoms with E-state index in [2.05, 4.69) is 17.2 Å². The zero-order valence-corrected chi connectivity index (χ0v) is 24.1. The molecule has 1 saturated heterocycles. The minimum atomic E-state index is -3.76. The van der Waals surface area contributed by atoms with Crippen molar-refractivity contribution in [3.63, 3.8) is 0 Å². The Morgan fingerprint density at radius 3 is 2.29 bits per heavy atom. The third-order valence-corrected chi connectivity index (χ3v) is 10.3. The van der Waals surface area contributed by atoms with Gasteiger partial charge in [-0.25, -0.2) is 4.79 Å². The van der Waals surface area contributed by atoms with Crippen molar-refractivity contribution in [2.45, 2.75) is 103 Å². The molecule has 0 spiro atoms. The number of alkyl carbamates (subject to hydrolysis) is 1. The zero-order chi connectivity index (χ0) is 28.3. The molecule has 216 valence electrons. The van der Waals surface area contributed by atoms with Crippen molar-refractivity contribution >= 4 is 25.5 Å². The maximum Gasteiger partial charge on any atom is 0.408 e. The van der Waals surface area contributed by atoms with Gasteiger partial charge < -0.3 is 34.4 Å². The number of carbonyl (C=O) groups is 3. The fourth-order valence-corrected chi connectivity index (χ4v) is 7.81. The van der Waals surface area contributed by atoms with Crippen molar-refractivity contribution in [3.8, 4) is 0 Å². The molecule has 3 amide bonds. The van der Waals surface area contributed by atoms with Gasteiger partial charge in [0.25, 0.3) is 0 Å². The molecule has 0 radical (unpaired) electrons. The van der Waals surface area contributed by atoms with E-state index >= 15 is 0 Å². The van der Waals surface area contributed by atoms with Crippen LogP contribution in [0.25, 0.3) is 0 Å². The number of hydrogen-bond donors (Lipinski definition) is 3. The average Bonchev–Trinajstić information content (AvgIpc) is 3.13. The first-order chi connectivity index (χ1) is 17.8.